The SMILES string of the molecule is O=S(=O)(N[C@H](Cn1cnc2ccccc21)c1ccc(F)cc1)c1cc(F)c(F)cc1F. The van der Waals surface area contributed by atoms with Crippen LogP contribution in [0.4, 0.5) is 17.6 Å². The summed E-state index contributed by atoms with van der Waals surface area (Å²) in [5.74, 6) is -4.96. The van der Waals surface area contributed by atoms with Gasteiger partial charge in [-0.1, -0.05) is 24.3 Å². The van der Waals surface area contributed by atoms with Crippen LogP contribution in [0.15, 0.2) is 71.9 Å². The molecule has 0 saturated heterocycles. The molecular formula is C21H15F4N3O2S. The molecule has 0 aliphatic rings. The number of nitrogens with zero attached hydrogens (tertiary/aromatic N) is 2. The van der Waals surface area contributed by atoms with Crippen LogP contribution in [0.5, 0.6) is 0 Å². The molecule has 1 atom stereocenters. The Balaban J connectivity index is 1.74. The summed E-state index contributed by atoms with van der Waals surface area (Å²) in [5, 5.41) is 0. The summed E-state index contributed by atoms with van der Waals surface area (Å²) in [7, 11) is -4.60. The number of imidazole rings is 1. The molecule has 0 aliphatic carbocycles. The van der Waals surface area contributed by atoms with Gasteiger partial charge in [0.1, 0.15) is 16.5 Å². The number of nitrogens with one attached hydrogen (secondary N) is 1. The Morgan fingerprint density at radius 2 is 1.58 bits per heavy atom. The minimum atomic E-state index is -4.60. The summed E-state index contributed by atoms with van der Waals surface area (Å²) >= 11 is 0. The lowest BCUT2D eigenvalue weighted by atomic mass is 10.1. The first-order chi connectivity index (χ1) is 14.7. The Morgan fingerprint density at radius 3 is 2.32 bits per heavy atom. The lowest BCUT2D eigenvalue weighted by molar-refractivity contribution is 0.476. The van der Waals surface area contributed by atoms with Gasteiger partial charge >= 0.3 is 0 Å². The number of aromatic nitrogens is 2. The zero-order valence-electron chi connectivity index (χ0n) is 15.8. The Morgan fingerprint density at radius 1 is 0.903 bits per heavy atom. The third-order valence-electron chi connectivity index (χ3n) is 4.74. The van der Waals surface area contributed by atoms with Crippen LogP contribution < -0.4 is 4.72 Å². The molecule has 0 amide bonds. The predicted octanol–water partition coefficient (Wildman–Crippen LogP) is 4.31. The van der Waals surface area contributed by atoms with Gasteiger partial charge < -0.3 is 4.57 Å². The molecule has 0 bridgehead atoms. The van der Waals surface area contributed by atoms with E-state index in [1.54, 1.807) is 28.8 Å². The number of rotatable bonds is 6. The van der Waals surface area contributed by atoms with E-state index in [1.807, 2.05) is 0 Å². The topological polar surface area (TPSA) is 64.0 Å². The maximum absolute atomic E-state index is 14.1. The van der Waals surface area contributed by atoms with Crippen LogP contribution in [0.1, 0.15) is 11.6 Å². The van der Waals surface area contributed by atoms with Crippen LogP contribution in [-0.4, -0.2) is 18.0 Å². The molecule has 4 rings (SSSR count). The van der Waals surface area contributed by atoms with Crippen molar-refractivity contribution in [2.24, 2.45) is 0 Å². The quantitative estimate of drug-likeness (QED) is 0.352. The molecule has 160 valence electrons. The minimum absolute atomic E-state index is 0.0245. The second-order valence-corrected chi connectivity index (χ2v) is 8.49. The summed E-state index contributed by atoms with van der Waals surface area (Å²) in [4.78, 5) is 3.21. The molecule has 0 aliphatic heterocycles. The number of halogens is 4. The normalized spacial score (nSPS) is 12.9. The maximum Gasteiger partial charge on any atom is 0.244 e. The first kappa shape index (κ1) is 21.0. The molecule has 0 spiro atoms. The first-order valence-electron chi connectivity index (χ1n) is 9.07. The van der Waals surface area contributed by atoms with E-state index in [1.165, 1.54) is 18.5 Å². The summed E-state index contributed by atoms with van der Waals surface area (Å²) in [5.41, 5.74) is 1.77. The molecule has 1 heterocycles. The van der Waals surface area contributed by atoms with Gasteiger partial charge in [0.15, 0.2) is 11.6 Å². The molecule has 1 N–H and O–H groups in total. The van der Waals surface area contributed by atoms with E-state index < -0.39 is 44.2 Å². The summed E-state index contributed by atoms with van der Waals surface area (Å²) in [6, 6.07) is 11.7. The van der Waals surface area contributed by atoms with Gasteiger partial charge in [-0.15, -0.1) is 0 Å². The second-order valence-electron chi connectivity index (χ2n) is 6.81. The van der Waals surface area contributed by atoms with Crippen molar-refractivity contribution in [1.29, 1.82) is 0 Å². The van der Waals surface area contributed by atoms with Gasteiger partial charge in [0.05, 0.1) is 23.4 Å². The third-order valence-corrected chi connectivity index (χ3v) is 6.23. The number of fused-ring (bicyclic) bond motifs is 1. The monoisotopic (exact) mass is 449 g/mol. The Bertz CT molecular complexity index is 1360. The van der Waals surface area contributed by atoms with Crippen LogP contribution in [0.3, 0.4) is 0 Å². The van der Waals surface area contributed by atoms with Crippen molar-refractivity contribution in [2.45, 2.75) is 17.5 Å². The molecule has 5 nitrogen and oxygen atoms in total. The second kappa shape index (κ2) is 8.12. The van der Waals surface area contributed by atoms with Crippen LogP contribution in [0.2, 0.25) is 0 Å². The Hall–Kier alpha value is -3.24. The standard InChI is InChI=1S/C21H15F4N3O2S/c22-14-7-5-13(6-8-14)19(11-28-12-26-18-3-1-2-4-20(18)28)27-31(29,30)21-10-16(24)15(23)9-17(21)25/h1-10,12,19,27H,11H2/t19-/m1/s1. The van der Waals surface area contributed by atoms with E-state index in [0.29, 0.717) is 16.6 Å². The van der Waals surface area contributed by atoms with Crippen LogP contribution >= 0.6 is 0 Å². The average Bonchev–Trinajstić information content (AvgIpc) is 3.13. The van der Waals surface area contributed by atoms with E-state index in [4.69, 9.17) is 0 Å². The number of sulfonamides is 1. The average molecular weight is 449 g/mol. The van der Waals surface area contributed by atoms with Crippen molar-refractivity contribution < 1.29 is 26.0 Å². The van der Waals surface area contributed by atoms with Crippen molar-refractivity contribution in [3.63, 3.8) is 0 Å². The van der Waals surface area contributed by atoms with Gasteiger partial charge in [0.25, 0.3) is 0 Å². The van der Waals surface area contributed by atoms with Gasteiger partial charge in [-0.05, 0) is 35.9 Å². The molecule has 0 unspecified atom stereocenters. The van der Waals surface area contributed by atoms with Crippen LogP contribution in [0.25, 0.3) is 11.0 Å². The number of benzene rings is 3. The summed E-state index contributed by atoms with van der Waals surface area (Å²) in [6.45, 7) is 0.0245. The van der Waals surface area contributed by atoms with Gasteiger partial charge in [-0.25, -0.2) is 35.7 Å². The number of para-hydroxylation sites is 2. The highest BCUT2D eigenvalue weighted by molar-refractivity contribution is 7.89. The highest BCUT2D eigenvalue weighted by atomic mass is 32.2. The fourth-order valence-electron chi connectivity index (χ4n) is 3.22. The van der Waals surface area contributed by atoms with Crippen molar-refractivity contribution in [3.8, 4) is 0 Å². The van der Waals surface area contributed by atoms with Crippen molar-refractivity contribution in [2.75, 3.05) is 0 Å². The van der Waals surface area contributed by atoms with E-state index in [-0.39, 0.29) is 18.7 Å². The number of hydrogen-bond donors (Lipinski definition) is 1. The molecule has 10 heteroatoms. The van der Waals surface area contributed by atoms with Crippen LogP contribution in [0, 0.1) is 23.3 Å². The van der Waals surface area contributed by atoms with Crippen molar-refractivity contribution >= 4 is 21.1 Å². The van der Waals surface area contributed by atoms with Gasteiger partial charge in [-0.3, -0.25) is 0 Å². The van der Waals surface area contributed by atoms with E-state index in [0.717, 1.165) is 12.1 Å². The first-order valence-corrected chi connectivity index (χ1v) is 10.5. The van der Waals surface area contributed by atoms with Crippen molar-refractivity contribution in [3.05, 3.63) is 95.8 Å². The summed E-state index contributed by atoms with van der Waals surface area (Å²) < 4.78 is 84.0. The van der Waals surface area contributed by atoms with E-state index in [9.17, 15) is 26.0 Å². The summed E-state index contributed by atoms with van der Waals surface area (Å²) in [6.07, 6.45) is 1.51. The predicted molar refractivity (Wildman–Crippen MR) is 106 cm³/mol. The maximum atomic E-state index is 14.1. The van der Waals surface area contributed by atoms with E-state index >= 15 is 0 Å². The van der Waals surface area contributed by atoms with Gasteiger partial charge in [-0.2, -0.15) is 0 Å². The zero-order valence-corrected chi connectivity index (χ0v) is 16.6. The lowest BCUT2D eigenvalue weighted by Crippen LogP contribution is -2.32. The molecule has 0 fully saturated rings. The molecule has 31 heavy (non-hydrogen) atoms. The van der Waals surface area contributed by atoms with Crippen molar-refractivity contribution in [1.82, 2.24) is 14.3 Å². The largest absolute Gasteiger partial charge is 0.329 e. The Kier molecular flexibility index (Phi) is 5.50. The molecule has 4 aromatic rings. The fraction of sp³-hybridized carbons (Fsp3) is 0.0952. The highest BCUT2D eigenvalue weighted by Gasteiger charge is 2.27. The van der Waals surface area contributed by atoms with Gasteiger partial charge in [0, 0.05) is 12.6 Å². The Labute approximate surface area is 175 Å². The lowest BCUT2D eigenvalue weighted by Gasteiger charge is -2.20. The minimum Gasteiger partial charge on any atom is -0.329 e. The highest BCUT2D eigenvalue weighted by Crippen LogP contribution is 2.24. The fourth-order valence-corrected chi connectivity index (χ4v) is 4.51. The third kappa shape index (κ3) is 4.30. The molecular weight excluding hydrogens is 434 g/mol. The molecule has 0 saturated carbocycles. The van der Waals surface area contributed by atoms with Gasteiger partial charge in [0.2, 0.25) is 10.0 Å². The number of hydrogen-bond acceptors (Lipinski definition) is 3. The molecule has 0 radical (unpaired) electrons. The smallest absolute Gasteiger partial charge is 0.244 e. The zero-order chi connectivity index (χ0) is 22.2. The molecule has 3 aromatic carbocycles. The van der Waals surface area contributed by atoms with Crippen LogP contribution in [-0.2, 0) is 16.6 Å². The molecule has 1 aromatic heterocycles. The van der Waals surface area contributed by atoms with E-state index in [2.05, 4.69) is 9.71 Å².